The number of hydrogen-bond donors (Lipinski definition) is 3. The number of aromatic nitrogens is 2. The fraction of sp³-hybridized carbons (Fsp3) is 0.344. The number of nitrogens with zero attached hydrogens (tertiary/aromatic N) is 2. The highest BCUT2D eigenvalue weighted by atomic mass is 16.5. The Morgan fingerprint density at radius 2 is 1.90 bits per heavy atom. The lowest BCUT2D eigenvalue weighted by molar-refractivity contribution is -0.139. The van der Waals surface area contributed by atoms with Gasteiger partial charge in [-0.15, -0.1) is 0 Å². The van der Waals surface area contributed by atoms with Crippen molar-refractivity contribution < 1.29 is 14.3 Å². The Morgan fingerprint density at radius 1 is 1.07 bits per heavy atom. The van der Waals surface area contributed by atoms with Crippen LogP contribution in [0.4, 0.5) is 0 Å². The van der Waals surface area contributed by atoms with Gasteiger partial charge in [-0.1, -0.05) is 42.5 Å². The molecule has 0 bridgehead atoms. The second kappa shape index (κ2) is 11.5. The molecule has 2 aromatic heterocycles. The number of rotatable bonds is 8. The Morgan fingerprint density at radius 3 is 2.67 bits per heavy atom. The molecule has 0 unspecified atom stereocenters. The molecule has 8 nitrogen and oxygen atoms in total. The molecule has 206 valence electrons. The molecule has 2 saturated heterocycles. The zero-order chi connectivity index (χ0) is 27.5. The second-order valence-electron chi connectivity index (χ2n) is 10.9. The van der Waals surface area contributed by atoms with E-state index in [1.807, 2.05) is 47.4 Å². The van der Waals surface area contributed by atoms with Gasteiger partial charge >= 0.3 is 0 Å². The Labute approximate surface area is 234 Å². The van der Waals surface area contributed by atoms with Crippen molar-refractivity contribution in [3.8, 4) is 5.75 Å². The molecule has 2 fully saturated rings. The number of benzene rings is 2. The van der Waals surface area contributed by atoms with E-state index in [2.05, 4.69) is 44.9 Å². The maximum Gasteiger partial charge on any atom is 0.243 e. The van der Waals surface area contributed by atoms with Crippen LogP contribution in [0.2, 0.25) is 0 Å². The number of nitrogens with one attached hydrogen (secondary N) is 3. The first-order valence-corrected chi connectivity index (χ1v) is 14.0. The van der Waals surface area contributed by atoms with E-state index in [-0.39, 0.29) is 29.7 Å². The fourth-order valence-corrected chi connectivity index (χ4v) is 6.19. The van der Waals surface area contributed by atoms with Crippen molar-refractivity contribution >= 4 is 22.7 Å². The van der Waals surface area contributed by atoms with Gasteiger partial charge in [0, 0.05) is 30.4 Å². The van der Waals surface area contributed by atoms with Gasteiger partial charge in [0.15, 0.2) is 0 Å². The molecule has 0 radical (unpaired) electrons. The first-order valence-electron chi connectivity index (χ1n) is 14.0. The summed E-state index contributed by atoms with van der Waals surface area (Å²) in [6, 6.07) is 21.5. The van der Waals surface area contributed by atoms with Gasteiger partial charge in [-0.2, -0.15) is 0 Å². The van der Waals surface area contributed by atoms with Crippen LogP contribution in [0, 0.1) is 5.92 Å². The smallest absolute Gasteiger partial charge is 0.243 e. The molecule has 0 spiro atoms. The van der Waals surface area contributed by atoms with E-state index in [0.29, 0.717) is 19.5 Å². The largest absolute Gasteiger partial charge is 0.497 e. The van der Waals surface area contributed by atoms with Gasteiger partial charge in [0.2, 0.25) is 11.8 Å². The summed E-state index contributed by atoms with van der Waals surface area (Å²) >= 11 is 0. The van der Waals surface area contributed by atoms with E-state index in [4.69, 9.17) is 4.74 Å². The number of pyridine rings is 1. The highest BCUT2D eigenvalue weighted by Crippen LogP contribution is 2.31. The molecule has 0 aliphatic carbocycles. The molecule has 6 rings (SSSR count). The summed E-state index contributed by atoms with van der Waals surface area (Å²) in [4.78, 5) is 36.7. The van der Waals surface area contributed by atoms with Gasteiger partial charge in [0.25, 0.3) is 0 Å². The summed E-state index contributed by atoms with van der Waals surface area (Å²) in [6.45, 7) is 1.69. The normalized spacial score (nSPS) is 22.5. The van der Waals surface area contributed by atoms with Gasteiger partial charge in [0.05, 0.1) is 31.4 Å². The number of likely N-dealkylation sites (tertiary alicyclic amines) is 1. The maximum absolute atomic E-state index is 13.9. The van der Waals surface area contributed by atoms with Crippen LogP contribution in [0.25, 0.3) is 10.9 Å². The Hall–Kier alpha value is -4.17. The third-order valence-corrected chi connectivity index (χ3v) is 8.29. The van der Waals surface area contributed by atoms with Crippen LogP contribution in [0.3, 0.4) is 0 Å². The molecule has 2 aromatic carbocycles. The number of fused-ring (bicyclic) bond motifs is 1. The molecule has 3 N–H and O–H groups in total. The molecular weight excluding hydrogens is 502 g/mol. The SMILES string of the molecule is COc1ccc(C[C@@H]2C[C@@H](C(=O)NCc3cc4ccncc4[nH]3)N(C(=O)[C@H]3C[C@@H](c4ccccc4)CN3)C2)cc1. The number of carbonyl (C=O) groups is 2. The summed E-state index contributed by atoms with van der Waals surface area (Å²) in [5.74, 6) is 1.21. The number of carbonyl (C=O) groups excluding carboxylic acids is 2. The topological polar surface area (TPSA) is 99.3 Å². The predicted octanol–water partition coefficient (Wildman–Crippen LogP) is 3.79. The monoisotopic (exact) mass is 537 g/mol. The van der Waals surface area contributed by atoms with Crippen LogP contribution in [0.15, 0.2) is 79.1 Å². The van der Waals surface area contributed by atoms with Crippen molar-refractivity contribution in [1.82, 2.24) is 25.5 Å². The molecule has 40 heavy (non-hydrogen) atoms. The average molecular weight is 538 g/mol. The molecular formula is C32H35N5O3. The van der Waals surface area contributed by atoms with Crippen LogP contribution in [0.1, 0.15) is 35.6 Å². The van der Waals surface area contributed by atoms with E-state index in [1.165, 1.54) is 11.1 Å². The summed E-state index contributed by atoms with van der Waals surface area (Å²) < 4.78 is 5.30. The zero-order valence-corrected chi connectivity index (χ0v) is 22.7. The van der Waals surface area contributed by atoms with Crippen molar-refractivity contribution in [2.75, 3.05) is 20.2 Å². The number of amides is 2. The van der Waals surface area contributed by atoms with E-state index in [9.17, 15) is 9.59 Å². The summed E-state index contributed by atoms with van der Waals surface area (Å²) in [6.07, 6.45) is 5.70. The molecule has 4 heterocycles. The van der Waals surface area contributed by atoms with E-state index < -0.39 is 6.04 Å². The average Bonchev–Trinajstić information content (AvgIpc) is 3.75. The van der Waals surface area contributed by atoms with Gasteiger partial charge in [-0.25, -0.2) is 0 Å². The highest BCUT2D eigenvalue weighted by Gasteiger charge is 2.43. The first kappa shape index (κ1) is 26.1. The summed E-state index contributed by atoms with van der Waals surface area (Å²) in [5.41, 5.74) is 4.26. The minimum atomic E-state index is -0.501. The molecule has 4 aromatic rings. The molecule has 2 aliphatic heterocycles. The van der Waals surface area contributed by atoms with Crippen LogP contribution < -0.4 is 15.4 Å². The van der Waals surface area contributed by atoms with Gasteiger partial charge < -0.3 is 25.3 Å². The van der Waals surface area contributed by atoms with Crippen molar-refractivity contribution in [3.63, 3.8) is 0 Å². The van der Waals surface area contributed by atoms with Crippen LogP contribution in [-0.2, 0) is 22.6 Å². The summed E-state index contributed by atoms with van der Waals surface area (Å²) in [5, 5.41) is 7.59. The van der Waals surface area contributed by atoms with Crippen molar-refractivity contribution in [2.45, 2.75) is 43.8 Å². The minimum absolute atomic E-state index is 0.0208. The van der Waals surface area contributed by atoms with Crippen LogP contribution >= 0.6 is 0 Å². The second-order valence-corrected chi connectivity index (χ2v) is 10.9. The standard InChI is InChI=1S/C32H35N5O3/c1-40-27-9-7-21(8-10-27)13-22-14-30(31(38)35-18-26-15-24-11-12-33-19-29(24)36-26)37(20-22)32(39)28-16-25(17-34-28)23-5-3-2-4-6-23/h2-12,15,19,22,25,28,30,34,36H,13-14,16-18,20H2,1H3,(H,35,38)/t22-,25-,28-,30+/m1/s1. The van der Waals surface area contributed by atoms with Crippen molar-refractivity contribution in [1.29, 1.82) is 0 Å². The minimum Gasteiger partial charge on any atom is -0.497 e. The molecule has 2 aliphatic rings. The molecule has 2 amide bonds. The molecule has 4 atom stereocenters. The van der Waals surface area contributed by atoms with Gasteiger partial charge in [-0.3, -0.25) is 14.6 Å². The number of aromatic amines is 1. The highest BCUT2D eigenvalue weighted by molar-refractivity contribution is 5.91. The van der Waals surface area contributed by atoms with E-state index >= 15 is 0 Å². The third-order valence-electron chi connectivity index (χ3n) is 8.29. The maximum atomic E-state index is 13.9. The third kappa shape index (κ3) is 5.58. The van der Waals surface area contributed by atoms with Crippen LogP contribution in [0.5, 0.6) is 5.75 Å². The van der Waals surface area contributed by atoms with E-state index in [0.717, 1.165) is 41.7 Å². The number of hydrogen-bond acceptors (Lipinski definition) is 5. The zero-order valence-electron chi connectivity index (χ0n) is 22.7. The predicted molar refractivity (Wildman–Crippen MR) is 154 cm³/mol. The lowest BCUT2D eigenvalue weighted by Crippen LogP contribution is -2.51. The molecule has 0 saturated carbocycles. The number of methoxy groups -OCH3 is 1. The van der Waals surface area contributed by atoms with Gasteiger partial charge in [-0.05, 0) is 66.5 Å². The number of ether oxygens (including phenoxy) is 1. The van der Waals surface area contributed by atoms with Gasteiger partial charge in [0.1, 0.15) is 11.8 Å². The Balaban J connectivity index is 1.16. The van der Waals surface area contributed by atoms with E-state index in [1.54, 1.807) is 19.5 Å². The fourth-order valence-electron chi connectivity index (χ4n) is 6.19. The quantitative estimate of drug-likeness (QED) is 0.318. The molecule has 8 heteroatoms. The van der Waals surface area contributed by atoms with Crippen molar-refractivity contribution in [3.05, 3.63) is 95.9 Å². The number of H-pyrrole nitrogens is 1. The lowest BCUT2D eigenvalue weighted by atomic mass is 9.96. The lowest BCUT2D eigenvalue weighted by Gasteiger charge is -2.27. The van der Waals surface area contributed by atoms with Crippen LogP contribution in [-0.4, -0.2) is 59.0 Å². The Kier molecular flexibility index (Phi) is 7.51. The first-order chi connectivity index (χ1) is 19.6. The summed E-state index contributed by atoms with van der Waals surface area (Å²) in [7, 11) is 1.66. The Bertz CT molecular complexity index is 1440. The van der Waals surface area contributed by atoms with Crippen molar-refractivity contribution in [2.24, 2.45) is 5.92 Å².